The van der Waals surface area contributed by atoms with Crippen LogP contribution in [0.25, 0.3) is 0 Å². The van der Waals surface area contributed by atoms with Gasteiger partial charge in [-0.25, -0.2) is 0 Å². The van der Waals surface area contributed by atoms with E-state index in [9.17, 15) is 0 Å². The van der Waals surface area contributed by atoms with E-state index in [0.29, 0.717) is 0 Å². The Morgan fingerprint density at radius 3 is 0.696 bits per heavy atom. The molecule has 0 aliphatic carbocycles. The Morgan fingerprint density at radius 1 is 0.326 bits per heavy atom. The summed E-state index contributed by atoms with van der Waals surface area (Å²) in [6.07, 6.45) is 0. The van der Waals surface area contributed by atoms with E-state index in [1.807, 2.05) is 0 Å². The molecule has 254 valence electrons. The van der Waals surface area contributed by atoms with Crippen molar-refractivity contribution < 1.29 is 0 Å². The Bertz CT molecular complexity index is 1240. The minimum absolute atomic E-state index is 0.0195. The molecule has 0 N–H and O–H groups in total. The van der Waals surface area contributed by atoms with Crippen molar-refractivity contribution in [1.82, 2.24) is 0 Å². The molecule has 0 fully saturated rings. The molecule has 0 saturated carbocycles. The van der Waals surface area contributed by atoms with Gasteiger partial charge in [0.2, 0.25) is 0 Å². The Labute approximate surface area is 289 Å². The predicted octanol–water partition coefficient (Wildman–Crippen LogP) is 9.41. The maximum atomic E-state index is 2.59. The van der Waals surface area contributed by atoms with Crippen molar-refractivity contribution in [3.05, 3.63) is 72.8 Å². The van der Waals surface area contributed by atoms with Crippen LogP contribution >= 0.6 is 0 Å². The molecule has 0 radical (unpaired) electrons. The van der Waals surface area contributed by atoms with Crippen molar-refractivity contribution in [1.29, 1.82) is 0 Å². The summed E-state index contributed by atoms with van der Waals surface area (Å²) in [7, 11) is 0. The van der Waals surface area contributed by atoms with E-state index in [-0.39, 0.29) is 33.2 Å². The van der Waals surface area contributed by atoms with Crippen LogP contribution in [0.4, 0.5) is 17.1 Å². The summed E-state index contributed by atoms with van der Waals surface area (Å²) in [6, 6.07) is 28.5. The number of nitrogens with zero attached hydrogens (tertiary/aromatic N) is 3. The first-order chi connectivity index (χ1) is 20.6. The van der Waals surface area contributed by atoms with E-state index < -0.39 is 14.7 Å². The van der Waals surface area contributed by atoms with E-state index in [0.717, 1.165) is 0 Å². The fourth-order valence-corrected chi connectivity index (χ4v) is 13.1. The number of anilines is 3. The van der Waals surface area contributed by atoms with Crippen molar-refractivity contribution in [2.75, 3.05) is 14.7 Å². The molecule has 0 aliphatic rings. The Kier molecular flexibility index (Phi) is 10.7. The molecule has 0 amide bonds. The second-order valence-corrected chi connectivity index (χ2v) is 23.6. The molecular weight excluding hydrogens is 621 g/mol. The van der Waals surface area contributed by atoms with Crippen LogP contribution in [0.15, 0.2) is 72.8 Å². The SMILES string of the molecule is CC(C)(C)N(c1cccc([As](c2cccc(N(C(C)(C)C)C(C)(C)C)c2)c2cccc(N(C(C)(C)C)C(C)(C)C)c2)c1)C(C)(C)C. The molecule has 0 aromatic heterocycles. The van der Waals surface area contributed by atoms with Crippen LogP contribution in [0.5, 0.6) is 0 Å². The molecule has 0 saturated heterocycles. The molecule has 0 atom stereocenters. The standard InChI is InChI=1S/C42H66AsN3/c1-37(2,3)44(38(4,5)6)34-25-19-22-31(28-34)43(32-23-20-26-35(29-32)45(39(7,8)9)40(10,11)12)33-24-21-27-36(30-33)46(41(13,14)15)42(16,17)18/h19-30H,1-18H3. The van der Waals surface area contributed by atoms with Crippen LogP contribution in [-0.4, -0.2) is 47.9 Å². The first-order valence-corrected chi connectivity index (χ1v) is 20.0. The van der Waals surface area contributed by atoms with Gasteiger partial charge in [0.25, 0.3) is 0 Å². The van der Waals surface area contributed by atoms with Crippen molar-refractivity contribution in [2.24, 2.45) is 0 Å². The van der Waals surface area contributed by atoms with Crippen molar-refractivity contribution in [2.45, 2.75) is 158 Å². The Morgan fingerprint density at radius 2 is 0.522 bits per heavy atom. The number of hydrogen-bond donors (Lipinski definition) is 0. The average Bonchev–Trinajstić information content (AvgIpc) is 2.79. The molecule has 0 bridgehead atoms. The first-order valence-electron chi connectivity index (χ1n) is 17.1. The summed E-state index contributed by atoms with van der Waals surface area (Å²) in [6.45, 7) is 41.9. The molecule has 3 nitrogen and oxygen atoms in total. The third-order valence-electron chi connectivity index (χ3n) is 8.06. The van der Waals surface area contributed by atoms with E-state index in [2.05, 4.69) is 212 Å². The molecule has 0 heterocycles. The molecule has 3 rings (SSSR count). The fraction of sp³-hybridized carbons (Fsp3) is 0.571. The second-order valence-electron chi connectivity index (χ2n) is 18.9. The second kappa shape index (κ2) is 12.9. The number of rotatable bonds is 6. The van der Waals surface area contributed by atoms with Crippen molar-refractivity contribution in [3.63, 3.8) is 0 Å². The summed E-state index contributed by atoms with van der Waals surface area (Å²) in [4.78, 5) is 7.76. The zero-order chi connectivity index (χ0) is 35.3. The molecule has 46 heavy (non-hydrogen) atoms. The van der Waals surface area contributed by atoms with E-state index in [1.165, 1.54) is 30.1 Å². The molecule has 4 heteroatoms. The summed E-state index contributed by atoms with van der Waals surface area (Å²) < 4.78 is 4.36. The van der Waals surface area contributed by atoms with E-state index in [4.69, 9.17) is 0 Å². The third-order valence-corrected chi connectivity index (χ3v) is 13.1. The summed E-state index contributed by atoms with van der Waals surface area (Å²) in [5, 5.41) is 0. The fourth-order valence-electron chi connectivity index (χ4n) is 8.10. The van der Waals surface area contributed by atoms with Gasteiger partial charge >= 0.3 is 290 Å². The topological polar surface area (TPSA) is 9.72 Å². The van der Waals surface area contributed by atoms with E-state index >= 15 is 0 Å². The Hall–Kier alpha value is -2.38. The molecule has 0 spiro atoms. The maximum absolute atomic E-state index is 2.59. The zero-order valence-electron chi connectivity index (χ0n) is 32.7. The van der Waals surface area contributed by atoms with Gasteiger partial charge in [-0.2, -0.15) is 0 Å². The van der Waals surface area contributed by atoms with Gasteiger partial charge in [-0.05, 0) is 0 Å². The van der Waals surface area contributed by atoms with Crippen molar-refractivity contribution >= 4 is 44.8 Å². The quantitative estimate of drug-likeness (QED) is 0.239. The van der Waals surface area contributed by atoms with Gasteiger partial charge in [-0.1, -0.05) is 0 Å². The normalized spacial score (nSPS) is 13.6. The predicted molar refractivity (Wildman–Crippen MR) is 210 cm³/mol. The number of hydrogen-bond acceptors (Lipinski definition) is 3. The van der Waals surface area contributed by atoms with Crippen LogP contribution in [0, 0.1) is 0 Å². The third kappa shape index (κ3) is 8.94. The molecular formula is C42H66AsN3. The average molecular weight is 688 g/mol. The van der Waals surface area contributed by atoms with Gasteiger partial charge in [-0.3, -0.25) is 0 Å². The van der Waals surface area contributed by atoms with Gasteiger partial charge in [0, 0.05) is 0 Å². The molecule has 0 unspecified atom stereocenters. The van der Waals surface area contributed by atoms with Crippen molar-refractivity contribution in [3.8, 4) is 0 Å². The monoisotopic (exact) mass is 687 g/mol. The molecule has 3 aromatic rings. The summed E-state index contributed by atoms with van der Waals surface area (Å²) in [5.74, 6) is 0. The van der Waals surface area contributed by atoms with E-state index in [1.54, 1.807) is 0 Å². The molecule has 0 aliphatic heterocycles. The van der Waals surface area contributed by atoms with Crippen LogP contribution in [0.2, 0.25) is 0 Å². The minimum atomic E-state index is -2.02. The summed E-state index contributed by atoms with van der Waals surface area (Å²) in [5.41, 5.74) is 3.76. The van der Waals surface area contributed by atoms with Gasteiger partial charge in [-0.15, -0.1) is 0 Å². The van der Waals surface area contributed by atoms with Crippen LogP contribution in [-0.2, 0) is 0 Å². The van der Waals surface area contributed by atoms with Gasteiger partial charge in [0.1, 0.15) is 0 Å². The number of benzene rings is 3. The van der Waals surface area contributed by atoms with Gasteiger partial charge in [0.05, 0.1) is 0 Å². The van der Waals surface area contributed by atoms with Gasteiger partial charge < -0.3 is 0 Å². The molecule has 3 aromatic carbocycles. The van der Waals surface area contributed by atoms with Crippen LogP contribution < -0.4 is 27.8 Å². The summed E-state index contributed by atoms with van der Waals surface area (Å²) >= 11 is -2.02. The zero-order valence-corrected chi connectivity index (χ0v) is 34.6. The first kappa shape index (κ1) is 38.1. The van der Waals surface area contributed by atoms with Gasteiger partial charge in [0.15, 0.2) is 0 Å². The van der Waals surface area contributed by atoms with Crippen LogP contribution in [0.3, 0.4) is 0 Å². The van der Waals surface area contributed by atoms with Crippen LogP contribution in [0.1, 0.15) is 125 Å². The Balaban J connectivity index is 2.38.